The van der Waals surface area contributed by atoms with E-state index in [1.54, 1.807) is 0 Å². The highest BCUT2D eigenvalue weighted by atomic mass is 28.4. The van der Waals surface area contributed by atoms with Gasteiger partial charge in [-0.2, -0.15) is 0 Å². The van der Waals surface area contributed by atoms with Crippen LogP contribution in [0.5, 0.6) is 0 Å². The Morgan fingerprint density at radius 3 is 1.90 bits per heavy atom. The monoisotopic (exact) mass is 312 g/mol. The molecule has 0 atom stereocenters. The lowest BCUT2D eigenvalue weighted by Crippen LogP contribution is -2.41. The zero-order chi connectivity index (χ0) is 16.7. The molecule has 0 N–H and O–H groups in total. The second-order valence-electron chi connectivity index (χ2n) is 8.69. The van der Waals surface area contributed by atoms with Gasteiger partial charge in [-0.15, -0.1) is 0 Å². The number of hydrogen-bond acceptors (Lipinski definition) is 3. The van der Waals surface area contributed by atoms with Gasteiger partial charge in [0.05, 0.1) is 17.8 Å². The van der Waals surface area contributed by atoms with E-state index >= 15 is 0 Å². The first-order valence-electron chi connectivity index (χ1n) is 7.84. The van der Waals surface area contributed by atoms with Crippen LogP contribution in [0.25, 0.3) is 0 Å². The Morgan fingerprint density at radius 1 is 1.10 bits per heavy atom. The van der Waals surface area contributed by atoms with Gasteiger partial charge in [0.25, 0.3) is 0 Å². The molecule has 1 aliphatic rings. The van der Waals surface area contributed by atoms with Crippen LogP contribution in [0, 0.1) is 0 Å². The van der Waals surface area contributed by atoms with E-state index < -0.39 is 8.32 Å². The van der Waals surface area contributed by atoms with Crippen molar-refractivity contribution in [1.82, 2.24) is 0 Å². The molecule has 0 saturated carbocycles. The Bertz CT molecular complexity index is 381. The second kappa shape index (κ2) is 5.84. The Labute approximate surface area is 132 Å². The van der Waals surface area contributed by atoms with Crippen LogP contribution in [0.3, 0.4) is 0 Å². The molecule has 1 aliphatic heterocycles. The Kier molecular flexibility index (Phi) is 5.27. The molecule has 0 aromatic heterocycles. The summed E-state index contributed by atoms with van der Waals surface area (Å²) in [7, 11) is -1.94. The van der Waals surface area contributed by atoms with E-state index in [1.165, 1.54) is 0 Å². The van der Waals surface area contributed by atoms with Crippen LogP contribution in [-0.4, -0.2) is 33.2 Å². The number of rotatable bonds is 5. The van der Waals surface area contributed by atoms with Crippen LogP contribution in [-0.2, 0) is 13.7 Å². The maximum Gasteiger partial charge on any atom is 0.462 e. The molecule has 1 saturated heterocycles. The lowest BCUT2D eigenvalue weighted by molar-refractivity contribution is 0.00578. The second-order valence-corrected chi connectivity index (χ2v) is 13.5. The van der Waals surface area contributed by atoms with Gasteiger partial charge in [0.2, 0.25) is 0 Å². The minimum Gasteiger partial charge on any atom is -0.413 e. The molecule has 5 heteroatoms. The minimum atomic E-state index is -1.72. The molecule has 0 aromatic rings. The molecule has 0 radical (unpaired) electrons. The SMILES string of the molecule is C=C(CO[Si](C)(C)C(C)(C)C)CB1OC(C)(C)C(C)(C)O1. The standard InChI is InChI=1S/C16H33BO3Si/c1-13(12-18-21(9,10)14(2,3)4)11-17-19-15(5,6)16(7,8)20-17/h1,11-12H2,2-10H3. The molecule has 1 rings (SSSR count). The van der Waals surface area contributed by atoms with E-state index in [0.717, 1.165) is 5.57 Å². The quantitative estimate of drug-likeness (QED) is 0.546. The van der Waals surface area contributed by atoms with E-state index in [4.69, 9.17) is 13.7 Å². The molecule has 0 unspecified atom stereocenters. The topological polar surface area (TPSA) is 27.7 Å². The third kappa shape index (κ3) is 4.44. The van der Waals surface area contributed by atoms with Crippen molar-refractivity contribution < 1.29 is 13.7 Å². The zero-order valence-electron chi connectivity index (χ0n) is 15.4. The summed E-state index contributed by atoms with van der Waals surface area (Å²) in [6.07, 6.45) is 0.696. The van der Waals surface area contributed by atoms with Gasteiger partial charge in [-0.05, 0) is 45.8 Å². The molecule has 21 heavy (non-hydrogen) atoms. The van der Waals surface area contributed by atoms with Crippen molar-refractivity contribution in [2.45, 2.75) is 84.1 Å². The van der Waals surface area contributed by atoms with Crippen molar-refractivity contribution in [3.63, 3.8) is 0 Å². The predicted octanol–water partition coefficient (Wildman–Crippen LogP) is 4.66. The summed E-state index contributed by atoms with van der Waals surface area (Å²) < 4.78 is 18.2. The molecule has 0 aromatic carbocycles. The van der Waals surface area contributed by atoms with Crippen LogP contribution in [0.4, 0.5) is 0 Å². The maximum atomic E-state index is 6.20. The fourth-order valence-corrected chi connectivity index (χ4v) is 2.84. The van der Waals surface area contributed by atoms with Gasteiger partial charge in [0, 0.05) is 6.32 Å². The van der Waals surface area contributed by atoms with Crippen molar-refractivity contribution in [2.24, 2.45) is 0 Å². The molecule has 122 valence electrons. The van der Waals surface area contributed by atoms with E-state index in [2.05, 4.69) is 68.1 Å². The summed E-state index contributed by atoms with van der Waals surface area (Å²) in [6, 6.07) is 0. The van der Waals surface area contributed by atoms with Crippen molar-refractivity contribution in [3.8, 4) is 0 Å². The third-order valence-electron chi connectivity index (χ3n) is 5.20. The highest BCUT2D eigenvalue weighted by Gasteiger charge is 2.50. The average molecular weight is 312 g/mol. The minimum absolute atomic E-state index is 0.217. The van der Waals surface area contributed by atoms with Gasteiger partial charge in [-0.3, -0.25) is 0 Å². The van der Waals surface area contributed by atoms with Crippen LogP contribution in [0.1, 0.15) is 48.5 Å². The molecule has 1 heterocycles. The maximum absolute atomic E-state index is 6.20. The number of hydrogen-bond donors (Lipinski definition) is 0. The molecular weight excluding hydrogens is 279 g/mol. The smallest absolute Gasteiger partial charge is 0.413 e. The zero-order valence-corrected chi connectivity index (χ0v) is 16.4. The van der Waals surface area contributed by atoms with Crippen LogP contribution < -0.4 is 0 Å². The normalized spacial score (nSPS) is 21.7. The van der Waals surface area contributed by atoms with Crippen molar-refractivity contribution in [2.75, 3.05) is 6.61 Å². The fraction of sp³-hybridized carbons (Fsp3) is 0.875. The summed E-state index contributed by atoms with van der Waals surface area (Å²) in [5.74, 6) is 0. The summed E-state index contributed by atoms with van der Waals surface area (Å²) >= 11 is 0. The Morgan fingerprint density at radius 2 is 1.52 bits per heavy atom. The molecular formula is C16H33BO3Si. The first-order valence-corrected chi connectivity index (χ1v) is 10.7. The molecule has 0 aliphatic carbocycles. The molecule has 3 nitrogen and oxygen atoms in total. The van der Waals surface area contributed by atoms with Crippen LogP contribution in [0.15, 0.2) is 12.2 Å². The van der Waals surface area contributed by atoms with Gasteiger partial charge in [-0.25, -0.2) is 0 Å². The van der Waals surface area contributed by atoms with Crippen molar-refractivity contribution in [1.29, 1.82) is 0 Å². The fourth-order valence-electron chi connectivity index (χ4n) is 1.84. The highest BCUT2D eigenvalue weighted by Crippen LogP contribution is 2.39. The molecule has 0 amide bonds. The average Bonchev–Trinajstić information content (AvgIpc) is 2.42. The molecule has 1 fully saturated rings. The Balaban J connectivity index is 2.50. The van der Waals surface area contributed by atoms with E-state index in [-0.39, 0.29) is 23.4 Å². The summed E-state index contributed by atoms with van der Waals surface area (Å²) in [5, 5.41) is 0.220. The lowest BCUT2D eigenvalue weighted by atomic mass is 9.81. The third-order valence-corrected chi connectivity index (χ3v) is 9.68. The van der Waals surface area contributed by atoms with Gasteiger partial charge in [0.15, 0.2) is 8.32 Å². The summed E-state index contributed by atoms with van der Waals surface area (Å²) in [5.41, 5.74) is 0.481. The summed E-state index contributed by atoms with van der Waals surface area (Å²) in [6.45, 7) is 24.3. The largest absolute Gasteiger partial charge is 0.462 e. The van der Waals surface area contributed by atoms with Gasteiger partial charge in [0.1, 0.15) is 0 Å². The van der Waals surface area contributed by atoms with E-state index in [9.17, 15) is 0 Å². The molecule has 0 bridgehead atoms. The van der Waals surface area contributed by atoms with E-state index in [1.807, 2.05) is 0 Å². The first-order chi connectivity index (χ1) is 9.18. The van der Waals surface area contributed by atoms with Crippen LogP contribution in [0.2, 0.25) is 24.5 Å². The van der Waals surface area contributed by atoms with Crippen molar-refractivity contribution >= 4 is 15.4 Å². The lowest BCUT2D eigenvalue weighted by Gasteiger charge is -2.36. The highest BCUT2D eigenvalue weighted by molar-refractivity contribution is 6.74. The van der Waals surface area contributed by atoms with Gasteiger partial charge < -0.3 is 13.7 Å². The van der Waals surface area contributed by atoms with Crippen LogP contribution >= 0.6 is 0 Å². The molecule has 0 spiro atoms. The van der Waals surface area contributed by atoms with Gasteiger partial charge >= 0.3 is 7.12 Å². The van der Waals surface area contributed by atoms with Crippen molar-refractivity contribution in [3.05, 3.63) is 12.2 Å². The summed E-state index contributed by atoms with van der Waals surface area (Å²) in [4.78, 5) is 0. The Hall–Kier alpha value is -0.0982. The van der Waals surface area contributed by atoms with E-state index in [0.29, 0.717) is 12.9 Å². The predicted molar refractivity (Wildman–Crippen MR) is 93.2 cm³/mol. The van der Waals surface area contributed by atoms with Gasteiger partial charge in [-0.1, -0.05) is 32.9 Å². The first kappa shape index (κ1) is 18.9.